The summed E-state index contributed by atoms with van der Waals surface area (Å²) in [6.45, 7) is 0. The minimum atomic E-state index is -2.07. The molecule has 0 amide bonds. The minimum absolute atomic E-state index is 0.235. The van der Waals surface area contributed by atoms with Crippen LogP contribution in [0.4, 0.5) is 0 Å². The normalized spacial score (nSPS) is 12.7. The van der Waals surface area contributed by atoms with Crippen LogP contribution in [0.2, 0.25) is 0 Å². The van der Waals surface area contributed by atoms with Crippen LogP contribution in [-0.2, 0) is 11.1 Å². The Balaban J connectivity index is 2.83. The maximum atomic E-state index is 11.0. The summed E-state index contributed by atoms with van der Waals surface area (Å²) in [5.74, 6) is 0.535. The number of ether oxygens (including phenoxy) is 1. The number of fused-ring (bicyclic) bond motifs is 1. The lowest BCUT2D eigenvalue weighted by Gasteiger charge is -2.05. The molecule has 1 aromatic carbocycles. The van der Waals surface area contributed by atoms with Gasteiger partial charge in [-0.3, -0.25) is 4.98 Å². The fraction of sp³-hybridized carbons (Fsp3) is 0.111. The zero-order valence-corrected chi connectivity index (χ0v) is 8.69. The van der Waals surface area contributed by atoms with E-state index in [1.54, 1.807) is 6.07 Å². The van der Waals surface area contributed by atoms with Gasteiger partial charge in [0.25, 0.3) is 0 Å². The van der Waals surface area contributed by atoms with Crippen molar-refractivity contribution >= 4 is 22.1 Å². The van der Waals surface area contributed by atoms with Gasteiger partial charge in [-0.1, -0.05) is 0 Å². The van der Waals surface area contributed by atoms with Crippen molar-refractivity contribution in [3.63, 3.8) is 0 Å². The Labute approximate surface area is 88.4 Å². The second-order valence-corrected chi connectivity index (χ2v) is 3.71. The van der Waals surface area contributed by atoms with E-state index in [0.29, 0.717) is 16.8 Å². The van der Waals surface area contributed by atoms with Gasteiger partial charge < -0.3 is 9.29 Å². The summed E-state index contributed by atoms with van der Waals surface area (Å²) < 4.78 is 25.1. The van der Waals surface area contributed by atoms with Gasteiger partial charge in [-0.2, -0.15) is 0 Å². The van der Waals surface area contributed by atoms with Crippen LogP contribution in [0.3, 0.4) is 0 Å². The van der Waals surface area contributed by atoms with E-state index in [9.17, 15) is 4.21 Å². The molecule has 0 aliphatic carbocycles. The van der Waals surface area contributed by atoms with E-state index >= 15 is 0 Å². The van der Waals surface area contributed by atoms with Crippen LogP contribution >= 0.6 is 0 Å². The highest BCUT2D eigenvalue weighted by Crippen LogP contribution is 2.26. The van der Waals surface area contributed by atoms with Crippen LogP contribution in [0.15, 0.2) is 29.4 Å². The monoisotopic (exact) mass is 224 g/mol. The molecule has 2 rings (SSSR count). The molecule has 0 saturated carbocycles. The van der Waals surface area contributed by atoms with Crippen molar-refractivity contribution in [1.82, 2.24) is 9.97 Å². The van der Waals surface area contributed by atoms with E-state index in [1.165, 1.54) is 25.6 Å². The summed E-state index contributed by atoms with van der Waals surface area (Å²) in [6, 6.07) is 3.10. The SMILES string of the molecule is COc1ccc(S(=O)O)c2nccnc12. The van der Waals surface area contributed by atoms with Crippen LogP contribution in [0.5, 0.6) is 5.75 Å². The molecule has 0 radical (unpaired) electrons. The maximum absolute atomic E-state index is 11.0. The number of benzene rings is 1. The molecule has 1 heterocycles. The van der Waals surface area contributed by atoms with Crippen molar-refractivity contribution in [2.75, 3.05) is 7.11 Å². The van der Waals surface area contributed by atoms with Crippen LogP contribution in [0.1, 0.15) is 0 Å². The first-order chi connectivity index (χ1) is 7.24. The molecule has 0 fully saturated rings. The molecule has 2 aromatic rings. The summed E-state index contributed by atoms with van der Waals surface area (Å²) in [5, 5.41) is 0. The molecule has 0 bridgehead atoms. The third-order valence-corrected chi connectivity index (χ3v) is 2.66. The molecule has 1 aromatic heterocycles. The van der Waals surface area contributed by atoms with Crippen molar-refractivity contribution in [3.05, 3.63) is 24.5 Å². The molecular formula is C9H8N2O3S. The summed E-state index contributed by atoms with van der Waals surface area (Å²) in [7, 11) is 1.51. The Morgan fingerprint density at radius 3 is 2.53 bits per heavy atom. The smallest absolute Gasteiger partial charge is 0.188 e. The summed E-state index contributed by atoms with van der Waals surface area (Å²) >= 11 is -2.07. The van der Waals surface area contributed by atoms with Crippen LogP contribution in [0.25, 0.3) is 11.0 Å². The Bertz CT molecular complexity index is 530. The molecule has 1 atom stereocenters. The molecule has 0 aliphatic rings. The Morgan fingerprint density at radius 2 is 1.93 bits per heavy atom. The number of aromatic nitrogens is 2. The van der Waals surface area contributed by atoms with Crippen molar-refractivity contribution in [2.24, 2.45) is 0 Å². The fourth-order valence-electron chi connectivity index (χ4n) is 1.31. The summed E-state index contributed by atoms with van der Waals surface area (Å²) in [5.41, 5.74) is 0.873. The lowest BCUT2D eigenvalue weighted by molar-refractivity contribution is 0.418. The molecule has 1 N–H and O–H groups in total. The van der Waals surface area contributed by atoms with Gasteiger partial charge in [-0.05, 0) is 12.1 Å². The molecule has 0 spiro atoms. The van der Waals surface area contributed by atoms with E-state index in [4.69, 9.17) is 9.29 Å². The Morgan fingerprint density at radius 1 is 1.27 bits per heavy atom. The van der Waals surface area contributed by atoms with Crippen LogP contribution in [0, 0.1) is 0 Å². The van der Waals surface area contributed by atoms with Crippen molar-refractivity contribution in [3.8, 4) is 5.75 Å². The standard InChI is InChI=1S/C9H8N2O3S/c1-14-6-2-3-7(15(12)13)9-8(6)10-4-5-11-9/h2-5H,1H3,(H,12,13). The second kappa shape index (κ2) is 3.92. The molecule has 0 aliphatic heterocycles. The lowest BCUT2D eigenvalue weighted by Crippen LogP contribution is -1.96. The summed E-state index contributed by atoms with van der Waals surface area (Å²) in [6.07, 6.45) is 2.98. The van der Waals surface area contributed by atoms with Gasteiger partial charge in [-0.15, -0.1) is 0 Å². The molecule has 6 heteroatoms. The number of hydrogen-bond acceptors (Lipinski definition) is 4. The number of hydrogen-bond donors (Lipinski definition) is 1. The van der Waals surface area contributed by atoms with Crippen molar-refractivity contribution in [1.29, 1.82) is 0 Å². The molecular weight excluding hydrogens is 216 g/mol. The average molecular weight is 224 g/mol. The first-order valence-corrected chi connectivity index (χ1v) is 5.23. The van der Waals surface area contributed by atoms with E-state index < -0.39 is 11.1 Å². The van der Waals surface area contributed by atoms with Crippen molar-refractivity contribution < 1.29 is 13.5 Å². The highest BCUT2D eigenvalue weighted by atomic mass is 32.2. The zero-order chi connectivity index (χ0) is 10.8. The average Bonchev–Trinajstić information content (AvgIpc) is 2.27. The Hall–Kier alpha value is -1.53. The third kappa shape index (κ3) is 1.69. The quantitative estimate of drug-likeness (QED) is 0.776. The van der Waals surface area contributed by atoms with Crippen LogP contribution < -0.4 is 4.74 Å². The largest absolute Gasteiger partial charge is 0.494 e. The first kappa shape index (κ1) is 10.0. The van der Waals surface area contributed by atoms with Gasteiger partial charge in [0.05, 0.1) is 12.0 Å². The zero-order valence-electron chi connectivity index (χ0n) is 7.88. The fourth-order valence-corrected chi connectivity index (χ4v) is 1.81. The number of nitrogens with zero attached hydrogens (tertiary/aromatic N) is 2. The summed E-state index contributed by atoms with van der Waals surface area (Å²) in [4.78, 5) is 8.31. The topological polar surface area (TPSA) is 72.3 Å². The maximum Gasteiger partial charge on any atom is 0.188 e. The Kier molecular flexibility index (Phi) is 2.61. The van der Waals surface area contributed by atoms with Gasteiger partial charge >= 0.3 is 0 Å². The second-order valence-electron chi connectivity index (χ2n) is 2.77. The molecule has 15 heavy (non-hydrogen) atoms. The van der Waals surface area contributed by atoms with Gasteiger partial charge in [-0.25, -0.2) is 9.19 Å². The number of rotatable bonds is 2. The molecule has 1 unspecified atom stereocenters. The van der Waals surface area contributed by atoms with Crippen LogP contribution in [-0.4, -0.2) is 25.8 Å². The first-order valence-electron chi connectivity index (χ1n) is 4.12. The molecule has 0 saturated heterocycles. The lowest BCUT2D eigenvalue weighted by atomic mass is 10.3. The highest BCUT2D eigenvalue weighted by Gasteiger charge is 2.11. The van der Waals surface area contributed by atoms with E-state index in [2.05, 4.69) is 9.97 Å². The van der Waals surface area contributed by atoms with Gasteiger partial charge in [0.2, 0.25) is 0 Å². The highest BCUT2D eigenvalue weighted by molar-refractivity contribution is 7.79. The molecule has 78 valence electrons. The van der Waals surface area contributed by atoms with E-state index in [-0.39, 0.29) is 4.90 Å². The van der Waals surface area contributed by atoms with Gasteiger partial charge in [0, 0.05) is 12.4 Å². The van der Waals surface area contributed by atoms with Gasteiger partial charge in [0.1, 0.15) is 16.8 Å². The third-order valence-electron chi connectivity index (χ3n) is 1.96. The predicted molar refractivity (Wildman–Crippen MR) is 55.1 cm³/mol. The number of methoxy groups -OCH3 is 1. The molecule has 5 nitrogen and oxygen atoms in total. The van der Waals surface area contributed by atoms with Crippen molar-refractivity contribution in [2.45, 2.75) is 4.90 Å². The van der Waals surface area contributed by atoms with E-state index in [0.717, 1.165) is 0 Å². The minimum Gasteiger partial charge on any atom is -0.494 e. The predicted octanol–water partition coefficient (Wildman–Crippen LogP) is 1.22. The van der Waals surface area contributed by atoms with E-state index in [1.807, 2.05) is 0 Å². The van der Waals surface area contributed by atoms with Gasteiger partial charge in [0.15, 0.2) is 11.1 Å².